The molecule has 10 heteroatoms. The van der Waals surface area contributed by atoms with Crippen LogP contribution >= 0.6 is 0 Å². The van der Waals surface area contributed by atoms with Crippen LogP contribution in [0, 0.1) is 12.8 Å². The third kappa shape index (κ3) is 6.50. The Bertz CT molecular complexity index is 1420. The molecule has 4 aliphatic rings. The van der Waals surface area contributed by atoms with E-state index >= 15 is 0 Å². The van der Waals surface area contributed by atoms with Crippen molar-refractivity contribution in [3.63, 3.8) is 0 Å². The summed E-state index contributed by atoms with van der Waals surface area (Å²) in [6, 6.07) is 6.14. The minimum atomic E-state index is -4.47. The van der Waals surface area contributed by atoms with Gasteiger partial charge in [-0.1, -0.05) is 6.92 Å². The first-order valence-corrected chi connectivity index (χ1v) is 15.5. The lowest BCUT2D eigenvalue weighted by Gasteiger charge is -2.24. The molecule has 2 N–H and O–H groups in total. The second kappa shape index (κ2) is 12.4. The Morgan fingerprint density at radius 1 is 1.19 bits per heavy atom. The molecule has 0 spiro atoms. The smallest absolute Gasteiger partial charge is 0.380 e. The van der Waals surface area contributed by atoms with Crippen LogP contribution in [-0.4, -0.2) is 66.9 Å². The number of fused-ring (bicyclic) bond motifs is 2. The molecule has 1 aliphatic carbocycles. The van der Waals surface area contributed by atoms with Gasteiger partial charge in [-0.25, -0.2) is 0 Å². The summed E-state index contributed by atoms with van der Waals surface area (Å²) in [5.41, 5.74) is 5.37. The van der Waals surface area contributed by atoms with Gasteiger partial charge in [0, 0.05) is 67.6 Å². The molecule has 7 nitrogen and oxygen atoms in total. The standard InChI is InChI=1S/C33H40F3N5O2/c1-3-21-8-10-37-29-7-6-25(33(34,35)36)14-27(29)32(21)39-16-31(42)40-30-18-41(26-9-11-43-19-26)17-24(30)13-23-5-4-22-12-20(2)38-15-28(22)23/h6-7,10,12,14-15,23-24,26,30,39H,3-5,8-9,11,13,16-19H2,1-2H3,(H,40,42)/t23?,24-,26?,30?/m0/s1. The molecular formula is C33H40F3N5O2. The zero-order valence-corrected chi connectivity index (χ0v) is 24.8. The SMILES string of the molecule is CCC1=C(NCC(=O)NC2CN(C3CCOC3)C[C@@H]2CC2CCc3cc(C)ncc32)c2cc(C(F)(F)F)ccc2N=CC1. The molecule has 2 aromatic rings. The number of nitrogens with one attached hydrogen (secondary N) is 2. The van der Waals surface area contributed by atoms with E-state index in [0.29, 0.717) is 41.7 Å². The van der Waals surface area contributed by atoms with Crippen LogP contribution in [-0.2, 0) is 22.1 Å². The Kier molecular flexibility index (Phi) is 8.60. The summed E-state index contributed by atoms with van der Waals surface area (Å²) in [6.07, 6.45) is 4.58. The molecule has 230 valence electrons. The number of halogens is 3. The van der Waals surface area contributed by atoms with Gasteiger partial charge in [0.05, 0.1) is 24.4 Å². The summed E-state index contributed by atoms with van der Waals surface area (Å²) in [5.74, 6) is 0.548. The van der Waals surface area contributed by atoms with Crippen molar-refractivity contribution < 1.29 is 22.7 Å². The molecule has 0 radical (unpaired) electrons. The first-order valence-electron chi connectivity index (χ1n) is 15.5. The van der Waals surface area contributed by atoms with E-state index in [1.54, 1.807) is 6.21 Å². The van der Waals surface area contributed by atoms with Crippen molar-refractivity contribution in [3.05, 3.63) is 64.0 Å². The number of aromatic nitrogens is 1. The summed E-state index contributed by atoms with van der Waals surface area (Å²) in [4.78, 5) is 24.9. The van der Waals surface area contributed by atoms with Crippen LogP contribution in [0.5, 0.6) is 0 Å². The van der Waals surface area contributed by atoms with Crippen LogP contribution in [0.3, 0.4) is 0 Å². The number of nitrogens with zero attached hydrogens (tertiary/aromatic N) is 3. The second-order valence-corrected chi connectivity index (χ2v) is 12.3. The first-order chi connectivity index (χ1) is 20.7. The van der Waals surface area contributed by atoms with Crippen LogP contribution in [0.4, 0.5) is 18.9 Å². The lowest BCUT2D eigenvalue weighted by atomic mass is 9.88. The van der Waals surface area contributed by atoms with Crippen molar-refractivity contribution in [2.24, 2.45) is 10.9 Å². The third-order valence-corrected chi connectivity index (χ3v) is 9.56. The Morgan fingerprint density at radius 2 is 2.05 bits per heavy atom. The van der Waals surface area contributed by atoms with Crippen LogP contribution in [0.15, 0.2) is 41.0 Å². The molecule has 0 saturated carbocycles. The van der Waals surface area contributed by atoms with Gasteiger partial charge in [-0.15, -0.1) is 0 Å². The highest BCUT2D eigenvalue weighted by Crippen LogP contribution is 2.40. The molecule has 4 heterocycles. The second-order valence-electron chi connectivity index (χ2n) is 12.3. The molecule has 1 aromatic heterocycles. The van der Waals surface area contributed by atoms with E-state index in [0.717, 1.165) is 75.4 Å². The Hall–Kier alpha value is -3.24. The highest BCUT2D eigenvalue weighted by Gasteiger charge is 2.40. The highest BCUT2D eigenvalue weighted by atomic mass is 19.4. The molecule has 6 rings (SSSR count). The van der Waals surface area contributed by atoms with Crippen molar-refractivity contribution in [2.45, 2.75) is 76.6 Å². The van der Waals surface area contributed by atoms with E-state index in [9.17, 15) is 18.0 Å². The maximum atomic E-state index is 13.6. The molecule has 4 atom stereocenters. The van der Waals surface area contributed by atoms with Gasteiger partial charge in [0.15, 0.2) is 0 Å². The average Bonchev–Trinajstić information content (AvgIpc) is 3.70. The Labute approximate surface area is 251 Å². The molecule has 2 saturated heterocycles. The maximum absolute atomic E-state index is 13.6. The van der Waals surface area contributed by atoms with Crippen molar-refractivity contribution in [1.29, 1.82) is 0 Å². The van der Waals surface area contributed by atoms with Gasteiger partial charge < -0.3 is 15.4 Å². The number of allylic oxidation sites excluding steroid dienone is 1. The van der Waals surface area contributed by atoms with Crippen LogP contribution < -0.4 is 10.6 Å². The quantitative estimate of drug-likeness (QED) is 0.419. The fraction of sp³-hybridized carbons (Fsp3) is 0.545. The molecule has 0 bridgehead atoms. The summed E-state index contributed by atoms with van der Waals surface area (Å²) in [6.45, 7) is 7.13. The van der Waals surface area contributed by atoms with Crippen molar-refractivity contribution in [1.82, 2.24) is 20.5 Å². The fourth-order valence-electron chi connectivity index (χ4n) is 7.26. The average molecular weight is 596 g/mol. The fourth-order valence-corrected chi connectivity index (χ4v) is 7.26. The van der Waals surface area contributed by atoms with E-state index in [-0.39, 0.29) is 24.4 Å². The summed E-state index contributed by atoms with van der Waals surface area (Å²) >= 11 is 0. The number of alkyl halides is 3. The van der Waals surface area contributed by atoms with Crippen molar-refractivity contribution >= 4 is 23.5 Å². The number of ether oxygens (including phenoxy) is 1. The normalized spacial score (nSPS) is 25.5. The Balaban J connectivity index is 1.17. The molecule has 1 aromatic carbocycles. The van der Waals surface area contributed by atoms with Gasteiger partial charge in [0.2, 0.25) is 5.91 Å². The van der Waals surface area contributed by atoms with Gasteiger partial charge in [-0.2, -0.15) is 13.2 Å². The zero-order chi connectivity index (χ0) is 30.1. The molecule has 43 heavy (non-hydrogen) atoms. The number of amides is 1. The summed E-state index contributed by atoms with van der Waals surface area (Å²) < 4.78 is 46.4. The number of benzene rings is 1. The third-order valence-electron chi connectivity index (χ3n) is 9.56. The predicted octanol–water partition coefficient (Wildman–Crippen LogP) is 5.55. The topological polar surface area (TPSA) is 78.9 Å². The van der Waals surface area contributed by atoms with E-state index < -0.39 is 11.7 Å². The molecule has 3 aliphatic heterocycles. The number of hydrogen-bond donors (Lipinski definition) is 2. The number of rotatable bonds is 8. The van der Waals surface area contributed by atoms with Gasteiger partial charge >= 0.3 is 6.18 Å². The van der Waals surface area contributed by atoms with E-state index in [2.05, 4.69) is 31.6 Å². The molecule has 1 amide bonds. The van der Waals surface area contributed by atoms with Crippen LogP contribution in [0.25, 0.3) is 5.70 Å². The van der Waals surface area contributed by atoms with Crippen molar-refractivity contribution in [2.75, 3.05) is 32.8 Å². The number of likely N-dealkylation sites (tertiary alicyclic amines) is 1. The van der Waals surface area contributed by atoms with Crippen LogP contribution in [0.1, 0.15) is 72.9 Å². The van der Waals surface area contributed by atoms with Gasteiger partial charge in [0.1, 0.15) is 0 Å². The number of aryl methyl sites for hydroxylation is 2. The monoisotopic (exact) mass is 595 g/mol. The van der Waals surface area contributed by atoms with E-state index in [4.69, 9.17) is 4.74 Å². The van der Waals surface area contributed by atoms with Gasteiger partial charge in [0.25, 0.3) is 0 Å². The lowest BCUT2D eigenvalue weighted by Crippen LogP contribution is -2.45. The maximum Gasteiger partial charge on any atom is 0.416 e. The number of aliphatic imine (C=N–C) groups is 1. The number of carbonyl (C=O) groups is 1. The lowest BCUT2D eigenvalue weighted by molar-refractivity contribution is -0.137. The molecule has 3 unspecified atom stereocenters. The van der Waals surface area contributed by atoms with Crippen molar-refractivity contribution in [3.8, 4) is 0 Å². The first kappa shape index (κ1) is 29.8. The molecule has 2 fully saturated rings. The largest absolute Gasteiger partial charge is 0.416 e. The number of carbonyl (C=O) groups excluding carboxylic acids is 1. The van der Waals surface area contributed by atoms with E-state index in [1.807, 2.05) is 20.0 Å². The minimum Gasteiger partial charge on any atom is -0.380 e. The van der Waals surface area contributed by atoms with E-state index in [1.165, 1.54) is 17.2 Å². The van der Waals surface area contributed by atoms with Gasteiger partial charge in [-0.05, 0) is 91.8 Å². The summed E-state index contributed by atoms with van der Waals surface area (Å²) in [5, 5.41) is 6.53. The Morgan fingerprint density at radius 3 is 2.81 bits per heavy atom. The zero-order valence-electron chi connectivity index (χ0n) is 24.8. The van der Waals surface area contributed by atoms with Crippen LogP contribution in [0.2, 0.25) is 0 Å². The summed E-state index contributed by atoms with van der Waals surface area (Å²) in [7, 11) is 0. The predicted molar refractivity (Wildman–Crippen MR) is 160 cm³/mol. The number of pyridine rings is 1. The minimum absolute atomic E-state index is 0.0152. The highest BCUT2D eigenvalue weighted by molar-refractivity contribution is 5.86. The number of hydrogen-bond acceptors (Lipinski definition) is 6. The molecular weight excluding hydrogens is 555 g/mol. The van der Waals surface area contributed by atoms with Gasteiger partial charge in [-0.3, -0.25) is 19.7 Å².